The normalized spacial score (nSPS) is 13.5. The first-order valence-corrected chi connectivity index (χ1v) is 14.4. The molecule has 11 heteroatoms. The van der Waals surface area contributed by atoms with Gasteiger partial charge in [-0.25, -0.2) is 13.8 Å². The zero-order valence-corrected chi connectivity index (χ0v) is 20.1. The molecule has 34 heavy (non-hydrogen) atoms. The van der Waals surface area contributed by atoms with E-state index in [1.54, 1.807) is 6.07 Å². The Morgan fingerprint density at radius 3 is 2.68 bits per heavy atom. The Kier molecular flexibility index (Phi) is 6.62. The van der Waals surface area contributed by atoms with Crippen LogP contribution in [-0.2, 0) is 20.9 Å². The van der Waals surface area contributed by atoms with Crippen LogP contribution in [-0.4, -0.2) is 40.0 Å². The monoisotopic (exact) mass is 481 g/mol. The highest BCUT2D eigenvalue weighted by molar-refractivity contribution is 6.76. The van der Waals surface area contributed by atoms with Crippen LogP contribution in [0.1, 0.15) is 33.7 Å². The Morgan fingerprint density at radius 2 is 1.97 bits per heavy atom. The molecule has 0 unspecified atom stereocenters. The Bertz CT molecular complexity index is 1260. The van der Waals surface area contributed by atoms with Crippen LogP contribution in [0.5, 0.6) is 0 Å². The van der Waals surface area contributed by atoms with E-state index in [1.807, 2.05) is 6.07 Å². The SMILES string of the molecule is C[Si](C)(C)CCOCn1nc(C#N)cc1C(=O)c1ccnn1-c1ccc(F)cc1C1OC=CO1. The van der Waals surface area contributed by atoms with Crippen molar-refractivity contribution in [3.63, 3.8) is 0 Å². The number of nitriles is 1. The maximum atomic E-state index is 14.0. The van der Waals surface area contributed by atoms with Gasteiger partial charge < -0.3 is 14.2 Å². The summed E-state index contributed by atoms with van der Waals surface area (Å²) < 4.78 is 33.3. The van der Waals surface area contributed by atoms with E-state index in [4.69, 9.17) is 14.2 Å². The Labute approximate surface area is 197 Å². The van der Waals surface area contributed by atoms with Crippen molar-refractivity contribution in [3.8, 4) is 11.8 Å². The second-order valence-corrected chi connectivity index (χ2v) is 14.5. The van der Waals surface area contributed by atoms with E-state index in [-0.39, 0.29) is 23.8 Å². The molecule has 0 aliphatic carbocycles. The smallest absolute Gasteiger partial charge is 0.268 e. The number of nitrogens with zero attached hydrogens (tertiary/aromatic N) is 5. The molecule has 0 saturated heterocycles. The highest BCUT2D eigenvalue weighted by Crippen LogP contribution is 2.30. The molecule has 2 aromatic heterocycles. The fourth-order valence-electron chi connectivity index (χ4n) is 3.37. The van der Waals surface area contributed by atoms with E-state index in [0.29, 0.717) is 17.9 Å². The van der Waals surface area contributed by atoms with E-state index in [2.05, 4.69) is 29.8 Å². The minimum atomic E-state index is -1.28. The summed E-state index contributed by atoms with van der Waals surface area (Å²) in [5.74, 6) is -0.896. The van der Waals surface area contributed by atoms with Gasteiger partial charge >= 0.3 is 0 Å². The zero-order chi connectivity index (χ0) is 24.3. The number of halogens is 1. The van der Waals surface area contributed by atoms with Gasteiger partial charge in [0.05, 0.1) is 17.4 Å². The zero-order valence-electron chi connectivity index (χ0n) is 19.1. The highest BCUT2D eigenvalue weighted by Gasteiger charge is 2.26. The first-order valence-electron chi connectivity index (χ1n) is 10.7. The summed E-state index contributed by atoms with van der Waals surface area (Å²) in [7, 11) is -1.28. The van der Waals surface area contributed by atoms with Crippen molar-refractivity contribution >= 4 is 13.9 Å². The Hall–Kier alpha value is -3.75. The van der Waals surface area contributed by atoms with Crippen molar-refractivity contribution in [2.45, 2.75) is 38.7 Å². The van der Waals surface area contributed by atoms with Crippen molar-refractivity contribution in [2.24, 2.45) is 0 Å². The van der Waals surface area contributed by atoms with Gasteiger partial charge in [-0.05, 0) is 30.3 Å². The third kappa shape index (κ3) is 5.08. The lowest BCUT2D eigenvalue weighted by Crippen LogP contribution is -2.23. The molecule has 0 bridgehead atoms. The quantitative estimate of drug-likeness (QED) is 0.257. The molecular formula is C23H24FN5O4Si. The lowest BCUT2D eigenvalue weighted by molar-refractivity contribution is -0.0248. The van der Waals surface area contributed by atoms with Gasteiger partial charge in [0.15, 0.2) is 5.69 Å². The molecule has 0 spiro atoms. The van der Waals surface area contributed by atoms with Crippen LogP contribution < -0.4 is 0 Å². The third-order valence-corrected chi connectivity index (χ3v) is 6.85. The summed E-state index contributed by atoms with van der Waals surface area (Å²) in [5, 5.41) is 17.8. The molecule has 1 aliphatic rings. The van der Waals surface area contributed by atoms with E-state index in [1.165, 1.54) is 52.4 Å². The maximum Gasteiger partial charge on any atom is 0.268 e. The van der Waals surface area contributed by atoms with Crippen LogP contribution in [0.25, 0.3) is 5.69 Å². The number of rotatable bonds is 9. The van der Waals surface area contributed by atoms with Crippen LogP contribution in [0.3, 0.4) is 0 Å². The summed E-state index contributed by atoms with van der Waals surface area (Å²) in [6, 6.07) is 9.92. The summed E-state index contributed by atoms with van der Waals surface area (Å²) in [6.07, 6.45) is 3.32. The second-order valence-electron chi connectivity index (χ2n) is 8.91. The molecule has 0 saturated carbocycles. The molecule has 1 aromatic carbocycles. The molecular weight excluding hydrogens is 457 g/mol. The molecule has 0 atom stereocenters. The molecule has 0 fully saturated rings. The number of ether oxygens (including phenoxy) is 3. The Balaban J connectivity index is 1.64. The van der Waals surface area contributed by atoms with Gasteiger partial charge in [-0.1, -0.05) is 19.6 Å². The molecule has 3 heterocycles. The molecule has 9 nitrogen and oxygen atoms in total. The van der Waals surface area contributed by atoms with Crippen molar-refractivity contribution in [2.75, 3.05) is 6.61 Å². The van der Waals surface area contributed by atoms with Gasteiger partial charge in [-0.3, -0.25) is 4.79 Å². The minimum absolute atomic E-state index is 0.0403. The van der Waals surface area contributed by atoms with Crippen LogP contribution >= 0.6 is 0 Å². The predicted molar refractivity (Wildman–Crippen MR) is 122 cm³/mol. The van der Waals surface area contributed by atoms with Crippen molar-refractivity contribution < 1.29 is 23.4 Å². The van der Waals surface area contributed by atoms with E-state index < -0.39 is 26.0 Å². The second kappa shape index (κ2) is 9.62. The lowest BCUT2D eigenvalue weighted by Gasteiger charge is -2.17. The summed E-state index contributed by atoms with van der Waals surface area (Å²) in [6.45, 7) is 7.32. The Morgan fingerprint density at radius 1 is 1.21 bits per heavy atom. The molecule has 3 aromatic rings. The minimum Gasteiger partial charge on any atom is -0.455 e. The number of benzene rings is 1. The van der Waals surface area contributed by atoms with E-state index in [9.17, 15) is 14.4 Å². The molecule has 0 amide bonds. The first kappa shape index (κ1) is 23.4. The summed E-state index contributed by atoms with van der Waals surface area (Å²) >= 11 is 0. The lowest BCUT2D eigenvalue weighted by atomic mass is 10.1. The van der Waals surface area contributed by atoms with Gasteiger partial charge in [-0.15, -0.1) is 0 Å². The number of carbonyl (C=O) groups excluding carboxylic acids is 1. The summed E-state index contributed by atoms with van der Waals surface area (Å²) in [5.41, 5.74) is 1.27. The first-order chi connectivity index (χ1) is 16.3. The van der Waals surface area contributed by atoms with Gasteiger partial charge in [0.2, 0.25) is 5.78 Å². The van der Waals surface area contributed by atoms with Gasteiger partial charge in [0, 0.05) is 20.7 Å². The topological polar surface area (TPSA) is 104 Å². The molecule has 1 aliphatic heterocycles. The van der Waals surface area contributed by atoms with Crippen molar-refractivity contribution in [1.29, 1.82) is 5.26 Å². The number of carbonyl (C=O) groups is 1. The largest absolute Gasteiger partial charge is 0.455 e. The van der Waals surface area contributed by atoms with Crippen molar-refractivity contribution in [3.05, 3.63) is 77.5 Å². The average molecular weight is 482 g/mol. The van der Waals surface area contributed by atoms with Crippen LogP contribution in [0.2, 0.25) is 25.7 Å². The van der Waals surface area contributed by atoms with Crippen LogP contribution in [0.4, 0.5) is 4.39 Å². The summed E-state index contributed by atoms with van der Waals surface area (Å²) in [4.78, 5) is 13.5. The van der Waals surface area contributed by atoms with Crippen LogP contribution in [0.15, 0.2) is 49.1 Å². The van der Waals surface area contributed by atoms with Gasteiger partial charge in [0.1, 0.15) is 42.5 Å². The van der Waals surface area contributed by atoms with E-state index in [0.717, 1.165) is 6.04 Å². The predicted octanol–water partition coefficient (Wildman–Crippen LogP) is 4.14. The number of ketones is 1. The molecule has 4 rings (SSSR count). The average Bonchev–Trinajstić information content (AvgIpc) is 3.56. The standard InChI is InChI=1S/C23H24FN5O4Si/c1-34(2,3)11-10-31-15-28-21(13-17(14-25)27-28)22(30)20-6-7-26-29(20)19-5-4-16(24)12-18(19)23-32-8-9-33-23/h4-9,12-13,23H,10-11,15H2,1-3H3. The van der Waals surface area contributed by atoms with Gasteiger partial charge in [0.25, 0.3) is 6.29 Å². The van der Waals surface area contributed by atoms with Gasteiger partial charge in [-0.2, -0.15) is 15.5 Å². The number of hydrogen-bond donors (Lipinski definition) is 0. The highest BCUT2D eigenvalue weighted by atomic mass is 28.3. The molecule has 0 N–H and O–H groups in total. The fourth-order valence-corrected chi connectivity index (χ4v) is 4.13. The molecule has 176 valence electrons. The third-order valence-electron chi connectivity index (χ3n) is 5.14. The maximum absolute atomic E-state index is 14.0. The molecule has 0 radical (unpaired) electrons. The fraction of sp³-hybridized carbons (Fsp3) is 0.304. The van der Waals surface area contributed by atoms with E-state index >= 15 is 0 Å². The van der Waals surface area contributed by atoms with Crippen LogP contribution in [0, 0.1) is 17.1 Å². The van der Waals surface area contributed by atoms with Crippen molar-refractivity contribution in [1.82, 2.24) is 19.6 Å². The number of aromatic nitrogens is 4. The number of hydrogen-bond acceptors (Lipinski definition) is 7.